The summed E-state index contributed by atoms with van der Waals surface area (Å²) < 4.78 is 11.4. The molecule has 0 aliphatic carbocycles. The highest BCUT2D eigenvalue weighted by Crippen LogP contribution is 2.36. The van der Waals surface area contributed by atoms with Crippen molar-refractivity contribution in [3.05, 3.63) is 53.6 Å². The smallest absolute Gasteiger partial charge is 0.257 e. The molecular formula is C21H26N2O3. The third-order valence-corrected chi connectivity index (χ3v) is 4.44. The number of hydrogen-bond acceptors (Lipinski definition) is 4. The van der Waals surface area contributed by atoms with Crippen LogP contribution in [0.4, 0.5) is 5.69 Å². The molecule has 0 saturated carbocycles. The molecular weight excluding hydrogens is 328 g/mol. The van der Waals surface area contributed by atoms with E-state index < -0.39 is 0 Å². The van der Waals surface area contributed by atoms with Crippen LogP contribution in [0.1, 0.15) is 42.9 Å². The van der Waals surface area contributed by atoms with Gasteiger partial charge < -0.3 is 19.7 Å². The molecule has 1 atom stereocenters. The number of ether oxygens (including phenoxy) is 2. The van der Waals surface area contributed by atoms with E-state index in [0.717, 1.165) is 17.0 Å². The van der Waals surface area contributed by atoms with Crippen LogP contribution in [0.25, 0.3) is 0 Å². The fourth-order valence-electron chi connectivity index (χ4n) is 3.11. The Labute approximate surface area is 154 Å². The Morgan fingerprint density at radius 3 is 2.62 bits per heavy atom. The van der Waals surface area contributed by atoms with E-state index in [-0.39, 0.29) is 12.1 Å². The number of benzene rings is 2. The van der Waals surface area contributed by atoms with Gasteiger partial charge in [-0.1, -0.05) is 32.0 Å². The van der Waals surface area contributed by atoms with E-state index in [1.807, 2.05) is 54.3 Å². The minimum absolute atomic E-state index is 0.0333. The minimum Gasteiger partial charge on any atom is -0.493 e. The number of nitrogens with one attached hydrogen (secondary N) is 1. The molecule has 1 heterocycles. The van der Waals surface area contributed by atoms with Crippen LogP contribution in [0.15, 0.2) is 42.5 Å². The van der Waals surface area contributed by atoms with Gasteiger partial charge >= 0.3 is 0 Å². The summed E-state index contributed by atoms with van der Waals surface area (Å²) in [5, 5.41) is 3.47. The molecule has 0 bridgehead atoms. The van der Waals surface area contributed by atoms with Crippen LogP contribution >= 0.6 is 0 Å². The van der Waals surface area contributed by atoms with Gasteiger partial charge in [0.05, 0.1) is 19.3 Å². The average Bonchev–Trinajstić information content (AvgIpc) is 2.66. The molecule has 2 aromatic rings. The molecule has 0 fully saturated rings. The number of methoxy groups -OCH3 is 1. The molecule has 138 valence electrons. The maximum absolute atomic E-state index is 12.9. The van der Waals surface area contributed by atoms with Crippen LogP contribution in [0.5, 0.6) is 11.5 Å². The Kier molecular flexibility index (Phi) is 5.35. The summed E-state index contributed by atoms with van der Waals surface area (Å²) in [6, 6.07) is 13.4. The van der Waals surface area contributed by atoms with Gasteiger partial charge in [0, 0.05) is 12.2 Å². The molecule has 26 heavy (non-hydrogen) atoms. The summed E-state index contributed by atoms with van der Waals surface area (Å²) in [7, 11) is 1.63. The number of para-hydroxylation sites is 1. The third-order valence-electron chi connectivity index (χ3n) is 4.44. The van der Waals surface area contributed by atoms with Crippen molar-refractivity contribution in [1.82, 2.24) is 4.90 Å². The molecule has 0 spiro atoms. The summed E-state index contributed by atoms with van der Waals surface area (Å²) >= 11 is 0. The molecule has 0 radical (unpaired) electrons. The second-order valence-electron chi connectivity index (χ2n) is 6.80. The monoisotopic (exact) mass is 354 g/mol. The molecule has 5 heteroatoms. The Hall–Kier alpha value is -2.69. The quantitative estimate of drug-likeness (QED) is 0.839. The lowest BCUT2D eigenvalue weighted by Crippen LogP contribution is -2.42. The predicted octanol–water partition coefficient (Wildman–Crippen LogP) is 4.32. The first-order chi connectivity index (χ1) is 12.5. The zero-order valence-corrected chi connectivity index (χ0v) is 15.8. The van der Waals surface area contributed by atoms with Crippen molar-refractivity contribution >= 4 is 11.6 Å². The van der Waals surface area contributed by atoms with Crippen molar-refractivity contribution in [3.8, 4) is 11.5 Å². The van der Waals surface area contributed by atoms with Crippen LogP contribution in [0.2, 0.25) is 0 Å². The Balaban J connectivity index is 1.93. The largest absolute Gasteiger partial charge is 0.493 e. The van der Waals surface area contributed by atoms with Gasteiger partial charge in [-0.25, -0.2) is 0 Å². The maximum atomic E-state index is 12.9. The zero-order valence-electron chi connectivity index (χ0n) is 15.8. The highest BCUT2D eigenvalue weighted by atomic mass is 16.5. The molecule has 0 saturated heterocycles. The van der Waals surface area contributed by atoms with Gasteiger partial charge in [0.25, 0.3) is 5.91 Å². The Morgan fingerprint density at radius 1 is 1.15 bits per heavy atom. The third kappa shape index (κ3) is 3.47. The summed E-state index contributed by atoms with van der Waals surface area (Å²) in [6.07, 6.45) is -0.240. The molecule has 3 rings (SSSR count). The van der Waals surface area contributed by atoms with Gasteiger partial charge in [-0.2, -0.15) is 0 Å². The van der Waals surface area contributed by atoms with Crippen LogP contribution < -0.4 is 14.8 Å². The maximum Gasteiger partial charge on any atom is 0.257 e. The fraction of sp³-hybridized carbons (Fsp3) is 0.381. The van der Waals surface area contributed by atoms with E-state index in [0.29, 0.717) is 30.4 Å². The molecule has 1 amide bonds. The molecule has 1 N–H and O–H groups in total. The number of fused-ring (bicyclic) bond motifs is 1. The number of nitrogens with zero attached hydrogens (tertiary/aromatic N) is 1. The summed E-state index contributed by atoms with van der Waals surface area (Å²) in [6.45, 7) is 7.44. The standard InChI is InChI=1S/C21H26N2O3/c1-5-23-20(22-17-9-7-6-8-16(17)21(23)24)15-10-11-18(19(12-15)25-4)26-13-14(2)3/h6-12,14,20,22H,5,13H2,1-4H3. The van der Waals surface area contributed by atoms with Gasteiger partial charge in [0.2, 0.25) is 0 Å². The number of carbonyl (C=O) groups excluding carboxylic acids is 1. The van der Waals surface area contributed by atoms with Crippen LogP contribution in [0.3, 0.4) is 0 Å². The highest BCUT2D eigenvalue weighted by Gasteiger charge is 2.32. The number of carbonyl (C=O) groups is 1. The topological polar surface area (TPSA) is 50.8 Å². The number of hydrogen-bond donors (Lipinski definition) is 1. The van der Waals surface area contributed by atoms with Crippen molar-refractivity contribution in [1.29, 1.82) is 0 Å². The first kappa shape index (κ1) is 18.1. The predicted molar refractivity (Wildman–Crippen MR) is 103 cm³/mol. The molecule has 1 aliphatic rings. The lowest BCUT2D eigenvalue weighted by molar-refractivity contribution is 0.0694. The zero-order chi connectivity index (χ0) is 18.7. The normalized spacial score (nSPS) is 16.3. The van der Waals surface area contributed by atoms with Crippen LogP contribution in [0, 0.1) is 5.92 Å². The van der Waals surface area contributed by atoms with Crippen molar-refractivity contribution in [2.45, 2.75) is 26.9 Å². The SMILES string of the molecule is CCN1C(=O)c2ccccc2NC1c1ccc(OCC(C)C)c(OC)c1. The Bertz CT molecular complexity index is 789. The van der Waals surface area contributed by atoms with E-state index in [4.69, 9.17) is 9.47 Å². The highest BCUT2D eigenvalue weighted by molar-refractivity contribution is 6.01. The van der Waals surface area contributed by atoms with E-state index in [2.05, 4.69) is 19.2 Å². The van der Waals surface area contributed by atoms with E-state index in [1.165, 1.54) is 0 Å². The van der Waals surface area contributed by atoms with Crippen LogP contribution in [-0.2, 0) is 0 Å². The van der Waals surface area contributed by atoms with Gasteiger partial charge in [0.1, 0.15) is 6.17 Å². The molecule has 0 aromatic heterocycles. The van der Waals surface area contributed by atoms with Crippen molar-refractivity contribution in [3.63, 3.8) is 0 Å². The summed E-state index contributed by atoms with van der Waals surface area (Å²) in [5.41, 5.74) is 2.52. The van der Waals surface area contributed by atoms with Gasteiger partial charge in [-0.3, -0.25) is 4.79 Å². The van der Waals surface area contributed by atoms with Crippen LogP contribution in [-0.4, -0.2) is 31.1 Å². The second kappa shape index (κ2) is 7.68. The van der Waals surface area contributed by atoms with Crippen molar-refractivity contribution in [2.75, 3.05) is 25.6 Å². The van der Waals surface area contributed by atoms with Gasteiger partial charge in [0.15, 0.2) is 11.5 Å². The Morgan fingerprint density at radius 2 is 1.92 bits per heavy atom. The lowest BCUT2D eigenvalue weighted by Gasteiger charge is -2.37. The summed E-state index contributed by atoms with van der Waals surface area (Å²) in [4.78, 5) is 14.7. The summed E-state index contributed by atoms with van der Waals surface area (Å²) in [5.74, 6) is 1.86. The molecule has 2 aromatic carbocycles. The molecule has 1 unspecified atom stereocenters. The molecule has 5 nitrogen and oxygen atoms in total. The second-order valence-corrected chi connectivity index (χ2v) is 6.80. The number of rotatable bonds is 6. The van der Waals surface area contributed by atoms with Gasteiger partial charge in [-0.15, -0.1) is 0 Å². The van der Waals surface area contributed by atoms with Crippen molar-refractivity contribution in [2.24, 2.45) is 5.92 Å². The molecule has 1 aliphatic heterocycles. The van der Waals surface area contributed by atoms with Gasteiger partial charge in [-0.05, 0) is 42.7 Å². The number of amides is 1. The van der Waals surface area contributed by atoms with Crippen molar-refractivity contribution < 1.29 is 14.3 Å². The minimum atomic E-state index is -0.240. The number of anilines is 1. The first-order valence-electron chi connectivity index (χ1n) is 9.02. The van der Waals surface area contributed by atoms with E-state index in [9.17, 15) is 4.79 Å². The first-order valence-corrected chi connectivity index (χ1v) is 9.02. The average molecular weight is 354 g/mol. The van der Waals surface area contributed by atoms with E-state index >= 15 is 0 Å². The fourth-order valence-corrected chi connectivity index (χ4v) is 3.11. The van der Waals surface area contributed by atoms with E-state index in [1.54, 1.807) is 7.11 Å². The lowest BCUT2D eigenvalue weighted by atomic mass is 10.0.